The van der Waals surface area contributed by atoms with Crippen LogP contribution in [0, 0.1) is 27.6 Å². The highest BCUT2D eigenvalue weighted by atomic mass is 16.3. The number of rotatable bonds is 6. The van der Waals surface area contributed by atoms with E-state index in [1.807, 2.05) is 109 Å². The number of aryl methyl sites for hydroxylation is 4. The molecule has 0 saturated carbocycles. The van der Waals surface area contributed by atoms with Crippen LogP contribution < -0.4 is 0 Å². The van der Waals surface area contributed by atoms with Gasteiger partial charge in [-0.2, -0.15) is 0 Å². The van der Waals surface area contributed by atoms with Crippen LogP contribution in [-0.4, -0.2) is 19.6 Å². The van der Waals surface area contributed by atoms with Crippen LogP contribution in [0.3, 0.4) is 0 Å². The average molecular weight is 710 g/mol. The number of aromatic nitrogens is 3. The number of phenols is 1. The van der Waals surface area contributed by atoms with Crippen molar-refractivity contribution in [3.05, 3.63) is 167 Å². The van der Waals surface area contributed by atoms with Crippen molar-refractivity contribution < 1.29 is 13.3 Å². The Balaban J connectivity index is 1.37. The van der Waals surface area contributed by atoms with Crippen LogP contribution in [-0.2, 0) is 5.41 Å². The monoisotopic (exact) mass is 709 g/mol. The molecule has 0 radical (unpaired) electrons. The number of imidazole rings is 1. The first kappa shape index (κ1) is 28.3. The van der Waals surface area contributed by atoms with Gasteiger partial charge in [-0.15, -0.1) is 0 Å². The fourth-order valence-corrected chi connectivity index (χ4v) is 7.24. The third-order valence-electron chi connectivity index (χ3n) is 10.0. The molecule has 0 unspecified atom stereocenters. The average Bonchev–Trinajstić information content (AvgIpc) is 3.61. The molecule has 0 atom stereocenters. The Morgan fingerprint density at radius 2 is 1.35 bits per heavy atom. The summed E-state index contributed by atoms with van der Waals surface area (Å²) in [5.41, 5.74) is 12.4. The normalized spacial score (nSPS) is 13.8. The summed E-state index contributed by atoms with van der Waals surface area (Å²) in [5.74, 6) is 0.583. The first-order chi connectivity index (χ1) is 28.3. The smallest absolute Gasteiger partial charge is 0.149 e. The highest BCUT2D eigenvalue weighted by Crippen LogP contribution is 2.41. The predicted octanol–water partition coefficient (Wildman–Crippen LogP) is 13.0. The van der Waals surface area contributed by atoms with Gasteiger partial charge >= 0.3 is 0 Å². The van der Waals surface area contributed by atoms with E-state index < -0.39 is 13.7 Å². The minimum absolute atomic E-state index is 0.102. The van der Waals surface area contributed by atoms with Gasteiger partial charge in [-0.05, 0) is 132 Å². The van der Waals surface area contributed by atoms with E-state index in [-0.39, 0.29) is 22.3 Å². The maximum atomic E-state index is 11.6. The van der Waals surface area contributed by atoms with Crippen molar-refractivity contribution in [2.24, 2.45) is 0 Å². The summed E-state index contributed by atoms with van der Waals surface area (Å²) >= 11 is 0. The van der Waals surface area contributed by atoms with Crippen LogP contribution in [0.15, 0.2) is 140 Å². The molecule has 0 saturated heterocycles. The van der Waals surface area contributed by atoms with E-state index in [0.29, 0.717) is 28.2 Å². The minimum Gasteiger partial charge on any atom is -0.507 e. The van der Waals surface area contributed by atoms with Gasteiger partial charge in [0.05, 0.1) is 22.3 Å². The van der Waals surface area contributed by atoms with Crippen molar-refractivity contribution in [3.8, 4) is 67.5 Å². The van der Waals surface area contributed by atoms with Gasteiger partial charge in [0, 0.05) is 31.2 Å². The maximum Gasteiger partial charge on any atom is 0.149 e. The van der Waals surface area contributed by atoms with E-state index in [0.717, 1.165) is 61.3 Å². The molecule has 0 aliphatic carbocycles. The number of para-hydroxylation sites is 1. The van der Waals surface area contributed by atoms with Gasteiger partial charge in [-0.25, -0.2) is 4.98 Å². The fraction of sp³-hybridized carbons (Fsp3) is 0.160. The van der Waals surface area contributed by atoms with Crippen LogP contribution in [0.1, 0.15) is 56.8 Å². The number of hydrogen-bond acceptors (Lipinski definition) is 3. The molecule has 1 N–H and O–H groups in total. The largest absolute Gasteiger partial charge is 0.507 e. The SMILES string of the molecule is [2H]C([2H])([2H])c1ccc(-c2ccnc(-c3cc(-c4cccc5c4nc(-c4cc(C)cc(C)c4O)n5-c4cc(-c5ccccc5)cc(C([2H])([2H])[2H])c4)cc(C(C)(C)C)c3)c2)cc1. The number of nitrogens with zero attached hydrogens (tertiary/aromatic N) is 3. The molecule has 0 spiro atoms. The Morgan fingerprint density at radius 3 is 2.11 bits per heavy atom. The number of benzene rings is 6. The molecule has 0 aliphatic heterocycles. The number of phenolic OH excluding ortho intramolecular Hbond substituents is 1. The Labute approximate surface area is 326 Å². The van der Waals surface area contributed by atoms with Gasteiger partial charge in [0.1, 0.15) is 11.6 Å². The van der Waals surface area contributed by atoms with E-state index in [1.54, 1.807) is 30.5 Å². The van der Waals surface area contributed by atoms with Crippen molar-refractivity contribution in [3.63, 3.8) is 0 Å². The molecule has 266 valence electrons. The Morgan fingerprint density at radius 1 is 0.593 bits per heavy atom. The standard InChI is InChI=1S/C50H45N3O/c1-31-16-18-36(19-17-31)37-20-21-51-45(30-37)40-26-39(27-41(28-40)50(5,6)7)43-14-11-15-46-47(43)52-49(44-25-32(2)22-34(4)48(44)54)53(46)42-24-33(3)23-38(29-42)35-12-9-8-10-13-35/h8-30,54H,1-7H3/i1D3,3D3. The third-order valence-corrected chi connectivity index (χ3v) is 10.0. The molecule has 2 aromatic heterocycles. The summed E-state index contributed by atoms with van der Waals surface area (Å²) in [6.45, 7) is 5.78. The van der Waals surface area contributed by atoms with Crippen LogP contribution in [0.5, 0.6) is 5.75 Å². The molecule has 0 amide bonds. The highest BCUT2D eigenvalue weighted by molar-refractivity contribution is 5.97. The summed E-state index contributed by atoms with van der Waals surface area (Å²) in [7, 11) is 0. The lowest BCUT2D eigenvalue weighted by Crippen LogP contribution is -2.11. The molecule has 0 fully saturated rings. The van der Waals surface area contributed by atoms with E-state index >= 15 is 0 Å². The predicted molar refractivity (Wildman–Crippen MR) is 225 cm³/mol. The Hall–Kier alpha value is -6.26. The highest BCUT2D eigenvalue weighted by Gasteiger charge is 2.23. The van der Waals surface area contributed by atoms with Crippen molar-refractivity contribution in [2.45, 2.75) is 53.7 Å². The summed E-state index contributed by atoms with van der Waals surface area (Å²) < 4.78 is 50.7. The lowest BCUT2D eigenvalue weighted by atomic mass is 9.83. The maximum absolute atomic E-state index is 11.6. The molecular formula is C50H45N3O. The van der Waals surface area contributed by atoms with E-state index in [2.05, 4.69) is 39.0 Å². The Bertz CT molecular complexity index is 2900. The minimum atomic E-state index is -2.39. The summed E-state index contributed by atoms with van der Waals surface area (Å²) in [6, 6.07) is 42.3. The van der Waals surface area contributed by atoms with Gasteiger partial charge in [0.2, 0.25) is 0 Å². The zero-order chi connectivity index (χ0) is 42.7. The van der Waals surface area contributed by atoms with E-state index in [9.17, 15) is 5.11 Å². The quantitative estimate of drug-likeness (QED) is 0.187. The van der Waals surface area contributed by atoms with Gasteiger partial charge in [0.15, 0.2) is 0 Å². The molecule has 8 aromatic rings. The summed E-state index contributed by atoms with van der Waals surface area (Å²) in [6.07, 6.45) is 1.77. The third kappa shape index (κ3) is 6.60. The van der Waals surface area contributed by atoms with E-state index in [4.69, 9.17) is 18.2 Å². The zero-order valence-electron chi connectivity index (χ0n) is 37.1. The number of hydrogen-bond donors (Lipinski definition) is 1. The van der Waals surface area contributed by atoms with Crippen LogP contribution >= 0.6 is 0 Å². The molecule has 0 aliphatic rings. The number of aromatic hydroxyl groups is 1. The second kappa shape index (κ2) is 13.6. The lowest BCUT2D eigenvalue weighted by Gasteiger charge is -2.22. The lowest BCUT2D eigenvalue weighted by molar-refractivity contribution is 0.472. The topological polar surface area (TPSA) is 50.9 Å². The van der Waals surface area contributed by atoms with Crippen LogP contribution in [0.2, 0.25) is 0 Å². The summed E-state index contributed by atoms with van der Waals surface area (Å²) in [5, 5.41) is 11.6. The van der Waals surface area contributed by atoms with Gasteiger partial charge < -0.3 is 5.11 Å². The first-order valence-electron chi connectivity index (χ1n) is 21.1. The number of pyridine rings is 1. The zero-order valence-corrected chi connectivity index (χ0v) is 31.1. The van der Waals surface area contributed by atoms with Crippen molar-refractivity contribution >= 4 is 11.0 Å². The van der Waals surface area contributed by atoms with Crippen molar-refractivity contribution in [1.29, 1.82) is 0 Å². The van der Waals surface area contributed by atoms with Gasteiger partial charge in [0.25, 0.3) is 0 Å². The van der Waals surface area contributed by atoms with Crippen LogP contribution in [0.4, 0.5) is 0 Å². The van der Waals surface area contributed by atoms with E-state index in [1.165, 1.54) is 0 Å². The molecule has 2 heterocycles. The molecule has 0 bridgehead atoms. The second-order valence-corrected chi connectivity index (χ2v) is 15.1. The molecule has 8 rings (SSSR count). The van der Waals surface area contributed by atoms with Gasteiger partial charge in [-0.3, -0.25) is 9.55 Å². The van der Waals surface area contributed by atoms with Crippen molar-refractivity contribution in [2.75, 3.05) is 0 Å². The molecule has 4 heteroatoms. The van der Waals surface area contributed by atoms with Crippen LogP contribution in [0.25, 0.3) is 72.7 Å². The first-order valence-corrected chi connectivity index (χ1v) is 18.1. The molecule has 4 nitrogen and oxygen atoms in total. The van der Waals surface area contributed by atoms with Crippen molar-refractivity contribution in [1.82, 2.24) is 14.5 Å². The fourth-order valence-electron chi connectivity index (χ4n) is 7.24. The van der Waals surface area contributed by atoms with Gasteiger partial charge in [-0.1, -0.05) is 111 Å². The Kier molecular flexibility index (Phi) is 7.13. The molecule has 54 heavy (non-hydrogen) atoms. The molecule has 6 aromatic carbocycles. The number of fused-ring (bicyclic) bond motifs is 1. The second-order valence-electron chi connectivity index (χ2n) is 15.1. The summed E-state index contributed by atoms with van der Waals surface area (Å²) in [4.78, 5) is 10.2. The molecular weight excluding hydrogens is 659 g/mol.